The molecule has 0 aliphatic carbocycles. The van der Waals surface area contributed by atoms with Crippen LogP contribution in [0.25, 0.3) is 11.5 Å². The summed E-state index contributed by atoms with van der Waals surface area (Å²) >= 11 is 0. The van der Waals surface area contributed by atoms with E-state index in [4.69, 9.17) is 38.0 Å². The number of hydrogen-bond donors (Lipinski definition) is 6. The molecule has 2 aromatic rings. The van der Waals surface area contributed by atoms with Gasteiger partial charge in [-0.2, -0.15) is 0 Å². The van der Waals surface area contributed by atoms with E-state index in [1.165, 1.54) is 14.2 Å². The van der Waals surface area contributed by atoms with E-state index in [1.807, 2.05) is 0 Å². The van der Waals surface area contributed by atoms with E-state index >= 15 is 0 Å². The van der Waals surface area contributed by atoms with Crippen LogP contribution in [-0.4, -0.2) is 86.3 Å². The Balaban J connectivity index is 0.000000451. The van der Waals surface area contributed by atoms with Crippen molar-refractivity contribution < 1.29 is 61.4 Å². The van der Waals surface area contributed by atoms with E-state index < -0.39 is 11.1 Å². The number of amides is 2. The minimum Gasteiger partial charge on any atom is -0.478 e. The van der Waals surface area contributed by atoms with Crippen molar-refractivity contribution in [1.29, 1.82) is 5.41 Å². The number of aryl methyl sites for hydroxylation is 2. The fourth-order valence-electron chi connectivity index (χ4n) is 4.19. The molecule has 1 fully saturated rings. The normalized spacial score (nSPS) is 16.9. The Bertz CT molecular complexity index is 1590. The van der Waals surface area contributed by atoms with Gasteiger partial charge in [0.25, 0.3) is 0 Å². The maximum absolute atomic E-state index is 12.1. The van der Waals surface area contributed by atoms with E-state index in [-0.39, 0.29) is 116 Å². The summed E-state index contributed by atoms with van der Waals surface area (Å²) in [6, 6.07) is -0.215. The van der Waals surface area contributed by atoms with Crippen molar-refractivity contribution in [3.05, 3.63) is 55.0 Å². The van der Waals surface area contributed by atoms with Gasteiger partial charge >= 0.3 is 0 Å². The van der Waals surface area contributed by atoms with E-state index in [9.17, 15) is 19.2 Å². The van der Waals surface area contributed by atoms with Crippen LogP contribution in [-0.2, 0) is 74.5 Å². The first-order valence-electron chi connectivity index (χ1n) is 13.8. The first-order chi connectivity index (χ1) is 21.2. The van der Waals surface area contributed by atoms with Crippen LogP contribution in [0.2, 0.25) is 0 Å². The van der Waals surface area contributed by atoms with Crippen LogP contribution in [0.5, 0.6) is 0 Å². The standard InChI is InChI=1S/C13H21N7O3.C12H19N7O3.2W/c1-7-8(2)19(12(22)11(14)17-7)5-10(21)18-9-3-4-20(13(15)16)23-6-9;1-6-7(2)19(11(21)10(13)17-6)5-9(20)15-3-8-4-16-12(14)18-22-8;;/h9H,3-6H2,1-2H3,(H6,14,15,16,17,18,21);8H,3-5H2,1-2H3,(H6,13,14,15,16,17,18,20);;/p-2. The van der Waals surface area contributed by atoms with Crippen molar-refractivity contribution in [1.82, 2.24) is 40.3 Å². The molecule has 4 rings (SSSR count). The van der Waals surface area contributed by atoms with Gasteiger partial charge in [0.05, 0.1) is 25.7 Å². The zero-order valence-corrected chi connectivity index (χ0v) is 32.1. The summed E-state index contributed by atoms with van der Waals surface area (Å²) in [5.74, 6) is -1.43. The third-order valence-electron chi connectivity index (χ3n) is 6.98. The topological polar surface area (TPSA) is 298 Å². The van der Waals surface area contributed by atoms with Crippen LogP contribution in [0.1, 0.15) is 29.2 Å². The van der Waals surface area contributed by atoms with E-state index in [2.05, 4.69) is 31.1 Å². The predicted molar refractivity (Wildman–Crippen MR) is 163 cm³/mol. The van der Waals surface area contributed by atoms with Crippen LogP contribution in [0.15, 0.2) is 14.6 Å². The fraction of sp³-hybridized carbons (Fsp3) is 0.520. The molecule has 20 nitrogen and oxygen atoms in total. The number of hydrogen-bond acceptors (Lipinski definition) is 12. The molecule has 0 radical (unpaired) electrons. The molecular weight excluding hydrogens is 960 g/mol. The summed E-state index contributed by atoms with van der Waals surface area (Å²) in [7, 11) is 0. The number of guanidine groups is 2. The summed E-state index contributed by atoms with van der Waals surface area (Å²) < 4.78 is 2.47. The third-order valence-corrected chi connectivity index (χ3v) is 6.98. The molecule has 0 aromatic carbocycles. The third kappa shape index (κ3) is 11.4. The molecule has 22 heteroatoms. The van der Waals surface area contributed by atoms with E-state index in [1.54, 1.807) is 27.7 Å². The number of nitrogens with one attached hydrogen (secondary N) is 6. The van der Waals surface area contributed by atoms with Gasteiger partial charge in [0.2, 0.25) is 34.9 Å². The van der Waals surface area contributed by atoms with Gasteiger partial charge in [-0.05, 0) is 45.5 Å². The first-order valence-corrected chi connectivity index (χ1v) is 13.8. The van der Waals surface area contributed by atoms with Crippen molar-refractivity contribution in [2.75, 3.05) is 26.2 Å². The van der Waals surface area contributed by atoms with Crippen LogP contribution >= 0.6 is 0 Å². The second-order valence-corrected chi connectivity index (χ2v) is 10.3. The quantitative estimate of drug-likeness (QED) is 0.136. The molecule has 2 unspecified atom stereocenters. The average Bonchev–Trinajstić information content (AvgIpc) is 3.00. The molecule has 47 heavy (non-hydrogen) atoms. The SMILES string of the molecule is Cc1nc([NH-])c(=O)n(CC(=O)NC2CCN(C(=N)N)OC2)c1C.Cc1nc([NH-])c(=O)n(CC(=O)NCC2CN=C(N)NO2)c1C.[W].[W]. The van der Waals surface area contributed by atoms with Crippen LogP contribution in [0.3, 0.4) is 0 Å². The van der Waals surface area contributed by atoms with Gasteiger partial charge in [0.1, 0.15) is 19.2 Å². The molecule has 10 N–H and O–H groups in total. The number of hydroxylamine groups is 3. The summed E-state index contributed by atoms with van der Waals surface area (Å²) in [5.41, 5.74) is 29.2. The van der Waals surface area contributed by atoms with Gasteiger partial charge in [0, 0.05) is 71.7 Å². The number of rotatable bonds is 7. The maximum atomic E-state index is 12.1. The molecule has 2 aliphatic heterocycles. The Hall–Kier alpha value is -3.86. The Labute approximate surface area is 298 Å². The Kier molecular flexibility index (Phi) is 16.2. The molecule has 0 bridgehead atoms. The summed E-state index contributed by atoms with van der Waals surface area (Å²) in [6.45, 7) is 7.57. The van der Waals surface area contributed by atoms with Gasteiger partial charge in [-0.3, -0.25) is 34.3 Å². The van der Waals surface area contributed by atoms with Crippen molar-refractivity contribution >= 4 is 35.4 Å². The second kappa shape index (κ2) is 18.5. The van der Waals surface area contributed by atoms with Gasteiger partial charge < -0.3 is 52.7 Å². The molecule has 2 amide bonds. The predicted octanol–water partition coefficient (Wildman–Crippen LogP) is -1.57. The number of carbonyl (C=O) groups excluding carboxylic acids is 2. The van der Waals surface area contributed by atoms with Crippen molar-refractivity contribution in [3.63, 3.8) is 0 Å². The van der Waals surface area contributed by atoms with Gasteiger partial charge in [-0.25, -0.2) is 15.5 Å². The Morgan fingerprint density at radius 2 is 1.53 bits per heavy atom. The van der Waals surface area contributed by atoms with Gasteiger partial charge in [-0.15, -0.1) is 0 Å². The summed E-state index contributed by atoms with van der Waals surface area (Å²) in [6.07, 6.45) is 0.248. The monoisotopic (exact) mass is 998 g/mol. The minimum absolute atomic E-state index is 0. The van der Waals surface area contributed by atoms with Gasteiger partial charge in [0.15, 0.2) is 0 Å². The number of aliphatic imine (C=N–C) groups is 1. The number of carbonyl (C=O) groups is 2. The Morgan fingerprint density at radius 3 is 1.98 bits per heavy atom. The zero-order valence-electron chi connectivity index (χ0n) is 26.2. The summed E-state index contributed by atoms with van der Waals surface area (Å²) in [5, 5.41) is 14.0. The average molecular weight is 998 g/mol. The van der Waals surface area contributed by atoms with Crippen LogP contribution < -0.4 is 38.7 Å². The van der Waals surface area contributed by atoms with E-state index in [0.29, 0.717) is 42.3 Å². The number of nitrogens with zero attached hydrogens (tertiary/aromatic N) is 6. The first kappa shape index (κ1) is 41.2. The number of aromatic nitrogens is 4. The molecular formula is C25H38N14O6W2-2. The molecule has 0 saturated carbocycles. The largest absolute Gasteiger partial charge is 0.478 e. The molecule has 1 saturated heterocycles. The molecule has 2 aliphatic rings. The molecule has 0 spiro atoms. The maximum Gasteiger partial charge on any atom is 0.249 e. The van der Waals surface area contributed by atoms with Crippen LogP contribution in [0.4, 0.5) is 11.6 Å². The van der Waals surface area contributed by atoms with Crippen molar-refractivity contribution in [2.24, 2.45) is 16.5 Å². The van der Waals surface area contributed by atoms with Crippen molar-refractivity contribution in [2.45, 2.75) is 59.4 Å². The molecule has 4 heterocycles. The molecule has 2 atom stereocenters. The number of nitrogens with two attached hydrogens (primary N) is 2. The second-order valence-electron chi connectivity index (χ2n) is 10.3. The summed E-state index contributed by atoms with van der Waals surface area (Å²) in [4.78, 5) is 69.9. The molecule has 258 valence electrons. The Morgan fingerprint density at radius 1 is 1.00 bits per heavy atom. The van der Waals surface area contributed by atoms with E-state index in [0.717, 1.165) is 0 Å². The smallest absolute Gasteiger partial charge is 0.249 e. The van der Waals surface area contributed by atoms with Gasteiger partial charge in [-0.1, -0.05) is 0 Å². The fourth-order valence-corrected chi connectivity index (χ4v) is 4.19. The van der Waals surface area contributed by atoms with Crippen molar-refractivity contribution in [3.8, 4) is 0 Å². The molecule has 2 aromatic heterocycles. The van der Waals surface area contributed by atoms with Crippen LogP contribution in [0, 0.1) is 33.1 Å². The zero-order chi connectivity index (χ0) is 33.4. The minimum atomic E-state index is -0.592.